The quantitative estimate of drug-likeness (QED) is 0.246. The molecule has 1 aromatic heterocycles. The highest BCUT2D eigenvalue weighted by Crippen LogP contribution is 2.30. The maximum absolute atomic E-state index is 13.3. The van der Waals surface area contributed by atoms with Gasteiger partial charge in [0.2, 0.25) is 0 Å². The van der Waals surface area contributed by atoms with Crippen LogP contribution in [0.15, 0.2) is 77.8 Å². The van der Waals surface area contributed by atoms with Crippen LogP contribution in [0.3, 0.4) is 0 Å². The lowest BCUT2D eigenvalue weighted by Gasteiger charge is -2.27. The second-order valence-corrected chi connectivity index (χ2v) is 8.70. The zero-order valence-electron chi connectivity index (χ0n) is 18.7. The number of hydrogen-bond donors (Lipinski definition) is 1. The van der Waals surface area contributed by atoms with Crippen LogP contribution >= 0.6 is 11.8 Å². The lowest BCUT2D eigenvalue weighted by molar-refractivity contribution is -0.174. The number of fused-ring (bicyclic) bond motifs is 1. The number of nitrogens with one attached hydrogen (secondary N) is 1. The van der Waals surface area contributed by atoms with E-state index in [4.69, 9.17) is 4.74 Å². The van der Waals surface area contributed by atoms with E-state index in [0.29, 0.717) is 17.0 Å². The van der Waals surface area contributed by atoms with Crippen molar-refractivity contribution in [2.75, 3.05) is 6.26 Å². The fourth-order valence-corrected chi connectivity index (χ4v) is 4.04. The summed E-state index contributed by atoms with van der Waals surface area (Å²) in [6, 6.07) is 17.2. The summed E-state index contributed by atoms with van der Waals surface area (Å²) in [6.45, 7) is 1.46. The largest absolute Gasteiger partial charge is 0.484 e. The number of nitrogens with zero attached hydrogens (tertiary/aromatic N) is 2. The SMILES string of the molecule is CSc1ccc(C(Oc2ccc3c(cnn3-c3ccc(F)cc3)c2)C(C)NC(=O)C(F)(F)F)cc1. The van der Waals surface area contributed by atoms with E-state index in [-0.39, 0.29) is 5.82 Å². The molecule has 0 aliphatic carbocycles. The summed E-state index contributed by atoms with van der Waals surface area (Å²) in [5, 5.41) is 7.06. The number of carbonyl (C=O) groups is 1. The number of thioether (sulfide) groups is 1. The first-order valence-electron chi connectivity index (χ1n) is 10.6. The minimum absolute atomic E-state index is 0.357. The van der Waals surface area contributed by atoms with Crippen molar-refractivity contribution in [1.29, 1.82) is 0 Å². The van der Waals surface area contributed by atoms with Crippen molar-refractivity contribution in [3.8, 4) is 11.4 Å². The van der Waals surface area contributed by atoms with Crippen LogP contribution in [0, 0.1) is 5.82 Å². The molecule has 0 saturated carbocycles. The predicted octanol–water partition coefficient (Wildman–Crippen LogP) is 6.07. The number of ether oxygens (including phenoxy) is 1. The minimum Gasteiger partial charge on any atom is -0.484 e. The summed E-state index contributed by atoms with van der Waals surface area (Å²) in [6.07, 6.45) is -2.36. The second-order valence-electron chi connectivity index (χ2n) is 7.82. The van der Waals surface area contributed by atoms with Crippen LogP contribution < -0.4 is 10.1 Å². The Labute approximate surface area is 203 Å². The molecule has 1 N–H and O–H groups in total. The molecule has 10 heteroatoms. The van der Waals surface area contributed by atoms with Crippen LogP contribution in [0.25, 0.3) is 16.6 Å². The number of halogens is 4. The first kappa shape index (κ1) is 24.6. The molecule has 0 spiro atoms. The topological polar surface area (TPSA) is 56.1 Å². The summed E-state index contributed by atoms with van der Waals surface area (Å²) in [5.74, 6) is -2.00. The average molecular weight is 504 g/mol. The van der Waals surface area contributed by atoms with E-state index in [2.05, 4.69) is 5.10 Å². The molecule has 0 aliphatic heterocycles. The molecule has 4 rings (SSSR count). The van der Waals surface area contributed by atoms with Gasteiger partial charge in [-0.1, -0.05) is 12.1 Å². The highest BCUT2D eigenvalue weighted by Gasteiger charge is 2.40. The molecule has 35 heavy (non-hydrogen) atoms. The Morgan fingerprint density at radius 2 is 1.74 bits per heavy atom. The number of hydrogen-bond acceptors (Lipinski definition) is 4. The number of benzene rings is 3. The molecule has 2 atom stereocenters. The van der Waals surface area contributed by atoms with Crippen LogP contribution in [0.1, 0.15) is 18.6 Å². The van der Waals surface area contributed by atoms with Crippen LogP contribution in [0.5, 0.6) is 5.75 Å². The van der Waals surface area contributed by atoms with Gasteiger partial charge in [0.25, 0.3) is 0 Å². The van der Waals surface area contributed by atoms with Gasteiger partial charge in [0.15, 0.2) is 0 Å². The van der Waals surface area contributed by atoms with Crippen molar-refractivity contribution in [2.45, 2.75) is 30.1 Å². The maximum Gasteiger partial charge on any atom is 0.471 e. The third-order valence-corrected chi connectivity index (χ3v) is 6.13. The summed E-state index contributed by atoms with van der Waals surface area (Å²) in [7, 11) is 0. The Hall–Kier alpha value is -3.53. The molecule has 2 unspecified atom stereocenters. The van der Waals surface area contributed by atoms with E-state index in [0.717, 1.165) is 15.8 Å². The molecule has 1 amide bonds. The average Bonchev–Trinajstić information content (AvgIpc) is 3.25. The standard InChI is InChI=1S/C25H21F4N3O2S/c1-15(31-24(33)25(27,28)29)23(16-3-10-21(35-2)11-4-16)34-20-9-12-22-17(13-20)14-30-32(22)19-7-5-18(26)6-8-19/h3-15,23H,1-2H3,(H,31,33). The van der Waals surface area contributed by atoms with Gasteiger partial charge in [0.1, 0.15) is 17.7 Å². The highest BCUT2D eigenvalue weighted by atomic mass is 32.2. The summed E-state index contributed by atoms with van der Waals surface area (Å²) in [5.41, 5.74) is 2.02. The van der Waals surface area contributed by atoms with Gasteiger partial charge in [-0.2, -0.15) is 18.3 Å². The monoisotopic (exact) mass is 503 g/mol. The van der Waals surface area contributed by atoms with Gasteiger partial charge < -0.3 is 10.1 Å². The molecule has 4 aromatic rings. The van der Waals surface area contributed by atoms with Crippen molar-refractivity contribution < 1.29 is 27.1 Å². The van der Waals surface area contributed by atoms with Crippen molar-refractivity contribution >= 4 is 28.6 Å². The summed E-state index contributed by atoms with van der Waals surface area (Å²) >= 11 is 1.53. The first-order chi connectivity index (χ1) is 16.7. The van der Waals surface area contributed by atoms with Gasteiger partial charge in [-0.25, -0.2) is 9.07 Å². The van der Waals surface area contributed by atoms with E-state index in [1.165, 1.54) is 30.8 Å². The van der Waals surface area contributed by atoms with E-state index in [1.807, 2.05) is 23.7 Å². The van der Waals surface area contributed by atoms with Crippen LogP contribution in [-0.2, 0) is 4.79 Å². The molecule has 0 aliphatic rings. The molecule has 1 heterocycles. The Kier molecular flexibility index (Phi) is 7.02. The molecule has 0 radical (unpaired) electrons. The number of amides is 1. The van der Waals surface area contributed by atoms with Gasteiger partial charge in [0, 0.05) is 10.3 Å². The number of aromatic nitrogens is 2. The Balaban J connectivity index is 1.64. The number of alkyl halides is 3. The lowest BCUT2D eigenvalue weighted by Crippen LogP contribution is -2.45. The summed E-state index contributed by atoms with van der Waals surface area (Å²) in [4.78, 5) is 12.5. The first-order valence-corrected chi connectivity index (χ1v) is 11.8. The second kappa shape index (κ2) is 9.99. The minimum atomic E-state index is -5.00. The molecule has 5 nitrogen and oxygen atoms in total. The zero-order valence-corrected chi connectivity index (χ0v) is 19.5. The van der Waals surface area contributed by atoms with E-state index >= 15 is 0 Å². The van der Waals surface area contributed by atoms with Crippen LogP contribution in [0.2, 0.25) is 0 Å². The van der Waals surface area contributed by atoms with E-state index in [9.17, 15) is 22.4 Å². The van der Waals surface area contributed by atoms with Gasteiger partial charge in [0.05, 0.1) is 23.4 Å². The Morgan fingerprint density at radius 1 is 1.06 bits per heavy atom. The van der Waals surface area contributed by atoms with Crippen molar-refractivity contribution in [3.05, 3.63) is 84.3 Å². The van der Waals surface area contributed by atoms with Gasteiger partial charge in [-0.05, 0) is 73.3 Å². The molecular weight excluding hydrogens is 482 g/mol. The third kappa shape index (κ3) is 5.59. The fourth-order valence-electron chi connectivity index (χ4n) is 3.64. The highest BCUT2D eigenvalue weighted by molar-refractivity contribution is 7.98. The fraction of sp³-hybridized carbons (Fsp3) is 0.200. The molecule has 3 aromatic carbocycles. The number of carbonyl (C=O) groups excluding carboxylic acids is 1. The normalized spacial score (nSPS) is 13.4. The lowest BCUT2D eigenvalue weighted by atomic mass is 10.0. The molecule has 0 saturated heterocycles. The van der Waals surface area contributed by atoms with E-state index in [1.54, 1.807) is 53.3 Å². The van der Waals surface area contributed by atoms with Gasteiger partial charge in [-0.15, -0.1) is 11.8 Å². The molecular formula is C25H21F4N3O2S. The molecule has 0 fully saturated rings. The molecule has 0 bridgehead atoms. The maximum atomic E-state index is 13.3. The van der Waals surface area contributed by atoms with E-state index < -0.39 is 24.2 Å². The van der Waals surface area contributed by atoms with Crippen molar-refractivity contribution in [3.63, 3.8) is 0 Å². The van der Waals surface area contributed by atoms with Gasteiger partial charge in [-0.3, -0.25) is 4.79 Å². The Bertz CT molecular complexity index is 1320. The zero-order chi connectivity index (χ0) is 25.2. The number of rotatable bonds is 7. The van der Waals surface area contributed by atoms with Crippen molar-refractivity contribution in [1.82, 2.24) is 15.1 Å². The molecule has 182 valence electrons. The van der Waals surface area contributed by atoms with Crippen LogP contribution in [-0.4, -0.2) is 34.2 Å². The van der Waals surface area contributed by atoms with Crippen LogP contribution in [0.4, 0.5) is 17.6 Å². The summed E-state index contributed by atoms with van der Waals surface area (Å²) < 4.78 is 59.6. The predicted molar refractivity (Wildman–Crippen MR) is 126 cm³/mol. The van der Waals surface area contributed by atoms with Gasteiger partial charge >= 0.3 is 12.1 Å². The Morgan fingerprint density at radius 3 is 2.37 bits per heavy atom. The van der Waals surface area contributed by atoms with Crippen molar-refractivity contribution in [2.24, 2.45) is 0 Å². The third-order valence-electron chi connectivity index (χ3n) is 5.39. The smallest absolute Gasteiger partial charge is 0.471 e.